The lowest BCUT2D eigenvalue weighted by Gasteiger charge is -2.32. The lowest BCUT2D eigenvalue weighted by Crippen LogP contribution is -2.41. The van der Waals surface area contributed by atoms with E-state index >= 15 is 0 Å². The molecule has 0 spiro atoms. The molecule has 0 radical (unpaired) electrons. The first-order valence-electron chi connectivity index (χ1n) is 11.2. The van der Waals surface area contributed by atoms with Gasteiger partial charge in [0.1, 0.15) is 12.4 Å². The third-order valence-corrected chi connectivity index (χ3v) is 6.65. The van der Waals surface area contributed by atoms with Gasteiger partial charge in [0.15, 0.2) is 0 Å². The predicted octanol–water partition coefficient (Wildman–Crippen LogP) is 4.19. The standard InChI is InChI=1S/C25H32BNO4/c1-24(2)25(3,4)31-26(30-24)21-14-13-20(23(28)27-15-9-6-10-16-27)17-22(21)29-18-19-11-7-5-8-12-19/h5,7-8,11-14,17H,6,9-10,15-16,18H2,1-4H3. The minimum Gasteiger partial charge on any atom is -0.489 e. The molecule has 2 saturated heterocycles. The van der Waals surface area contributed by atoms with Gasteiger partial charge in [0.2, 0.25) is 0 Å². The van der Waals surface area contributed by atoms with Gasteiger partial charge in [0.25, 0.3) is 5.91 Å². The maximum Gasteiger partial charge on any atom is 0.498 e. The average Bonchev–Trinajstić information content (AvgIpc) is 2.99. The molecule has 0 unspecified atom stereocenters. The van der Waals surface area contributed by atoms with Crippen LogP contribution in [0.25, 0.3) is 0 Å². The van der Waals surface area contributed by atoms with E-state index < -0.39 is 18.3 Å². The summed E-state index contributed by atoms with van der Waals surface area (Å²) in [5, 5.41) is 0. The first kappa shape index (κ1) is 21.9. The number of likely N-dealkylation sites (tertiary alicyclic amines) is 1. The monoisotopic (exact) mass is 421 g/mol. The van der Waals surface area contributed by atoms with Gasteiger partial charge in [0, 0.05) is 24.1 Å². The van der Waals surface area contributed by atoms with Crippen LogP contribution in [0.1, 0.15) is 62.9 Å². The Morgan fingerprint density at radius 2 is 1.61 bits per heavy atom. The largest absolute Gasteiger partial charge is 0.498 e. The lowest BCUT2D eigenvalue weighted by atomic mass is 9.78. The summed E-state index contributed by atoms with van der Waals surface area (Å²) in [6.45, 7) is 10.2. The highest BCUT2D eigenvalue weighted by Gasteiger charge is 2.52. The Hall–Kier alpha value is -2.31. The summed E-state index contributed by atoms with van der Waals surface area (Å²) < 4.78 is 18.7. The number of hydrogen-bond acceptors (Lipinski definition) is 4. The molecule has 0 atom stereocenters. The molecule has 2 aliphatic rings. The van der Waals surface area contributed by atoms with Crippen LogP contribution in [-0.4, -0.2) is 42.2 Å². The van der Waals surface area contributed by atoms with E-state index in [4.69, 9.17) is 14.0 Å². The van der Waals surface area contributed by atoms with Crippen molar-refractivity contribution in [1.29, 1.82) is 0 Å². The molecule has 0 saturated carbocycles. The summed E-state index contributed by atoms with van der Waals surface area (Å²) in [6, 6.07) is 15.6. The molecule has 2 heterocycles. The fourth-order valence-corrected chi connectivity index (χ4v) is 3.97. The highest BCUT2D eigenvalue weighted by molar-refractivity contribution is 6.63. The van der Waals surface area contributed by atoms with E-state index in [-0.39, 0.29) is 5.91 Å². The van der Waals surface area contributed by atoms with E-state index in [0.717, 1.165) is 37.0 Å². The number of nitrogens with zero attached hydrogens (tertiary/aromatic N) is 1. The summed E-state index contributed by atoms with van der Waals surface area (Å²) in [7, 11) is -0.546. The van der Waals surface area contributed by atoms with E-state index in [0.29, 0.717) is 17.9 Å². The molecule has 0 aromatic heterocycles. The molecular formula is C25H32BNO4. The molecule has 4 rings (SSSR count). The Balaban J connectivity index is 1.62. The van der Waals surface area contributed by atoms with Gasteiger partial charge in [-0.1, -0.05) is 36.4 Å². The van der Waals surface area contributed by atoms with Crippen LogP contribution in [-0.2, 0) is 15.9 Å². The summed E-state index contributed by atoms with van der Waals surface area (Å²) in [6.07, 6.45) is 3.32. The second-order valence-corrected chi connectivity index (χ2v) is 9.47. The number of carbonyl (C=O) groups excluding carboxylic acids is 1. The first-order valence-corrected chi connectivity index (χ1v) is 11.2. The van der Waals surface area contributed by atoms with Crippen molar-refractivity contribution < 1.29 is 18.8 Å². The molecule has 1 amide bonds. The fraction of sp³-hybridized carbons (Fsp3) is 0.480. The number of hydrogen-bond donors (Lipinski definition) is 0. The summed E-state index contributed by atoms with van der Waals surface area (Å²) >= 11 is 0. The highest BCUT2D eigenvalue weighted by atomic mass is 16.7. The van der Waals surface area contributed by atoms with Crippen LogP contribution in [0.15, 0.2) is 48.5 Å². The van der Waals surface area contributed by atoms with Gasteiger partial charge in [-0.05, 0) is 64.7 Å². The number of amides is 1. The van der Waals surface area contributed by atoms with Crippen LogP contribution in [0.2, 0.25) is 0 Å². The molecule has 2 aromatic rings. The molecule has 0 bridgehead atoms. The molecule has 31 heavy (non-hydrogen) atoms. The predicted molar refractivity (Wildman–Crippen MR) is 123 cm³/mol. The molecule has 6 heteroatoms. The van der Waals surface area contributed by atoms with Gasteiger partial charge in [0.05, 0.1) is 11.2 Å². The van der Waals surface area contributed by atoms with Gasteiger partial charge in [-0.3, -0.25) is 4.79 Å². The van der Waals surface area contributed by atoms with Crippen molar-refractivity contribution in [2.45, 2.75) is 64.8 Å². The third-order valence-electron chi connectivity index (χ3n) is 6.65. The Morgan fingerprint density at radius 3 is 2.26 bits per heavy atom. The molecule has 2 aliphatic heterocycles. The van der Waals surface area contributed by atoms with Gasteiger partial charge in [-0.2, -0.15) is 0 Å². The topological polar surface area (TPSA) is 48.0 Å². The number of benzene rings is 2. The first-order chi connectivity index (χ1) is 14.8. The van der Waals surface area contributed by atoms with Crippen molar-refractivity contribution in [3.63, 3.8) is 0 Å². The van der Waals surface area contributed by atoms with E-state index in [2.05, 4.69) is 0 Å². The Kier molecular flexibility index (Phi) is 6.13. The van der Waals surface area contributed by atoms with Crippen LogP contribution in [0.3, 0.4) is 0 Å². The zero-order chi connectivity index (χ0) is 22.1. The quantitative estimate of drug-likeness (QED) is 0.680. The number of piperidine rings is 1. The summed E-state index contributed by atoms with van der Waals surface area (Å²) in [5.74, 6) is 0.690. The van der Waals surface area contributed by atoms with Gasteiger partial charge >= 0.3 is 7.12 Å². The number of rotatable bonds is 5. The van der Waals surface area contributed by atoms with Crippen molar-refractivity contribution >= 4 is 18.5 Å². The van der Waals surface area contributed by atoms with E-state index in [1.807, 2.05) is 81.1 Å². The maximum absolute atomic E-state index is 13.1. The van der Waals surface area contributed by atoms with Gasteiger partial charge in [-0.15, -0.1) is 0 Å². The van der Waals surface area contributed by atoms with E-state index in [1.54, 1.807) is 0 Å². The van der Waals surface area contributed by atoms with Crippen molar-refractivity contribution in [2.75, 3.05) is 13.1 Å². The molecule has 0 aliphatic carbocycles. The highest BCUT2D eigenvalue weighted by Crippen LogP contribution is 2.37. The van der Waals surface area contributed by atoms with E-state index in [1.165, 1.54) is 6.42 Å². The minimum absolute atomic E-state index is 0.0599. The van der Waals surface area contributed by atoms with Crippen LogP contribution in [0, 0.1) is 0 Å². The molecule has 2 aromatic carbocycles. The second-order valence-electron chi connectivity index (χ2n) is 9.47. The lowest BCUT2D eigenvalue weighted by molar-refractivity contribution is 0.00578. The average molecular weight is 421 g/mol. The molecule has 0 N–H and O–H groups in total. The van der Waals surface area contributed by atoms with Crippen LogP contribution in [0.4, 0.5) is 0 Å². The van der Waals surface area contributed by atoms with Gasteiger partial charge in [-0.25, -0.2) is 0 Å². The van der Waals surface area contributed by atoms with Crippen molar-refractivity contribution in [3.05, 3.63) is 59.7 Å². The molecule has 2 fully saturated rings. The molecule has 5 nitrogen and oxygen atoms in total. The van der Waals surface area contributed by atoms with E-state index in [9.17, 15) is 4.79 Å². The Morgan fingerprint density at radius 1 is 0.968 bits per heavy atom. The maximum atomic E-state index is 13.1. The summed E-state index contributed by atoms with van der Waals surface area (Å²) in [4.78, 5) is 15.0. The number of carbonyl (C=O) groups is 1. The van der Waals surface area contributed by atoms with Crippen molar-refractivity contribution in [1.82, 2.24) is 4.90 Å². The normalized spacial score (nSPS) is 20.0. The van der Waals surface area contributed by atoms with Crippen molar-refractivity contribution in [2.24, 2.45) is 0 Å². The zero-order valence-electron chi connectivity index (χ0n) is 19.0. The Bertz CT molecular complexity index is 906. The van der Waals surface area contributed by atoms with Crippen LogP contribution >= 0.6 is 0 Å². The zero-order valence-corrected chi connectivity index (χ0v) is 19.0. The SMILES string of the molecule is CC1(C)OB(c2ccc(C(=O)N3CCCCC3)cc2OCc2ccccc2)OC1(C)C. The van der Waals surface area contributed by atoms with Crippen molar-refractivity contribution in [3.8, 4) is 5.75 Å². The molecular weight excluding hydrogens is 389 g/mol. The fourth-order valence-electron chi connectivity index (χ4n) is 3.97. The summed E-state index contributed by atoms with van der Waals surface area (Å²) in [5.41, 5.74) is 1.62. The van der Waals surface area contributed by atoms with Gasteiger partial charge < -0.3 is 18.9 Å². The number of ether oxygens (including phenoxy) is 1. The third kappa shape index (κ3) is 4.65. The minimum atomic E-state index is -0.546. The van der Waals surface area contributed by atoms with Crippen LogP contribution < -0.4 is 10.2 Å². The smallest absolute Gasteiger partial charge is 0.489 e. The van der Waals surface area contributed by atoms with Crippen LogP contribution in [0.5, 0.6) is 5.75 Å². The molecule has 164 valence electrons. The second kappa shape index (κ2) is 8.68. The Labute approximate surface area is 185 Å².